The third-order valence-electron chi connectivity index (χ3n) is 10.8. The van der Waals surface area contributed by atoms with Gasteiger partial charge in [-0.2, -0.15) is 5.26 Å². The van der Waals surface area contributed by atoms with Gasteiger partial charge in [-0.15, -0.1) is 0 Å². The van der Waals surface area contributed by atoms with E-state index in [9.17, 15) is 10.1 Å². The number of ether oxygens (including phenoxy) is 3. The lowest BCUT2D eigenvalue weighted by Crippen LogP contribution is -2.46. The second-order valence-electron chi connectivity index (χ2n) is 14.9. The first-order valence-electron chi connectivity index (χ1n) is 20.0. The third-order valence-corrected chi connectivity index (χ3v) is 12.9. The van der Waals surface area contributed by atoms with Crippen molar-refractivity contribution < 1.29 is 28.1 Å². The number of aromatic nitrogens is 4. The van der Waals surface area contributed by atoms with E-state index in [2.05, 4.69) is 85.1 Å². The molecule has 3 heterocycles. The molecule has 7 rings (SSSR count). The standard InChI is InChI=1S/C46H50N7O6P/c1-31(2)53(32(3)4)60(58-27-13-26-47)59-41-39(28-57-45(41)52-30-50-40-42(48-29-49-43(40)52)51-44(54)33-14-9-7-10-15-33)46(34-16-11-8-12-17-34,35-18-22-37(55-5)23-19-35)36-20-24-38(56-6)25-21-36/h7-12,14-25,29-32,39,41,45H,13,27-28H2,1-6H3,(H,48,49,51,54)/t39-,41+,45+,60?/m0/s1. The number of methoxy groups -OCH3 is 2. The fourth-order valence-corrected chi connectivity index (χ4v) is 9.94. The van der Waals surface area contributed by atoms with Crippen molar-refractivity contribution in [2.24, 2.45) is 5.92 Å². The number of benzene rings is 4. The number of hydrogen-bond acceptors (Lipinski definition) is 11. The summed E-state index contributed by atoms with van der Waals surface area (Å²) < 4.78 is 36.4. The van der Waals surface area contributed by atoms with E-state index in [-0.39, 0.29) is 43.4 Å². The van der Waals surface area contributed by atoms with Gasteiger partial charge in [0.05, 0.1) is 51.7 Å². The number of carbonyl (C=O) groups is 1. The summed E-state index contributed by atoms with van der Waals surface area (Å²) in [4.78, 5) is 27.2. The molecule has 1 amide bonds. The van der Waals surface area contributed by atoms with Crippen molar-refractivity contribution >= 4 is 31.4 Å². The summed E-state index contributed by atoms with van der Waals surface area (Å²) in [6.45, 7) is 8.88. The van der Waals surface area contributed by atoms with Gasteiger partial charge < -0.3 is 28.6 Å². The van der Waals surface area contributed by atoms with Crippen LogP contribution >= 0.6 is 8.53 Å². The number of fused-ring (bicyclic) bond motifs is 1. The Morgan fingerprint density at radius 2 is 1.45 bits per heavy atom. The molecule has 13 nitrogen and oxygen atoms in total. The summed E-state index contributed by atoms with van der Waals surface area (Å²) in [5, 5.41) is 12.5. The van der Waals surface area contributed by atoms with Crippen LogP contribution in [-0.4, -0.2) is 75.7 Å². The van der Waals surface area contributed by atoms with Crippen LogP contribution in [0, 0.1) is 17.2 Å². The molecule has 1 unspecified atom stereocenters. The fourth-order valence-electron chi connectivity index (χ4n) is 8.17. The van der Waals surface area contributed by atoms with Crippen LogP contribution < -0.4 is 14.8 Å². The van der Waals surface area contributed by atoms with Gasteiger partial charge in [0.2, 0.25) is 0 Å². The molecule has 0 bridgehead atoms. The third kappa shape index (κ3) is 8.48. The molecule has 1 fully saturated rings. The maximum Gasteiger partial charge on any atom is 0.259 e. The van der Waals surface area contributed by atoms with Crippen molar-refractivity contribution in [2.75, 3.05) is 32.8 Å². The highest BCUT2D eigenvalue weighted by molar-refractivity contribution is 7.44. The van der Waals surface area contributed by atoms with Crippen LogP contribution in [0.15, 0.2) is 122 Å². The Labute approximate surface area is 352 Å². The van der Waals surface area contributed by atoms with E-state index in [1.807, 2.05) is 53.1 Å². The molecule has 0 aliphatic carbocycles. The Balaban J connectivity index is 1.44. The summed E-state index contributed by atoms with van der Waals surface area (Å²) in [6.07, 6.45) is 1.78. The van der Waals surface area contributed by atoms with E-state index >= 15 is 0 Å². The van der Waals surface area contributed by atoms with Crippen molar-refractivity contribution in [3.05, 3.63) is 144 Å². The maximum atomic E-state index is 13.3. The number of anilines is 1. The van der Waals surface area contributed by atoms with Crippen LogP contribution in [0.1, 0.15) is 67.4 Å². The highest BCUT2D eigenvalue weighted by Gasteiger charge is 2.55. The summed E-state index contributed by atoms with van der Waals surface area (Å²) in [6, 6.07) is 37.9. The second-order valence-corrected chi connectivity index (χ2v) is 16.4. The van der Waals surface area contributed by atoms with E-state index in [1.54, 1.807) is 44.8 Å². The predicted octanol–water partition coefficient (Wildman–Crippen LogP) is 8.94. The first kappa shape index (κ1) is 42.4. The maximum absolute atomic E-state index is 13.3. The molecule has 0 saturated carbocycles. The van der Waals surface area contributed by atoms with Gasteiger partial charge in [-0.25, -0.2) is 19.6 Å². The summed E-state index contributed by atoms with van der Waals surface area (Å²) in [5.41, 5.74) is 3.45. The van der Waals surface area contributed by atoms with Crippen LogP contribution in [-0.2, 0) is 19.2 Å². The van der Waals surface area contributed by atoms with Crippen molar-refractivity contribution in [1.29, 1.82) is 5.26 Å². The SMILES string of the molecule is COc1ccc(C(c2ccccc2)(c2ccc(OC)cc2)[C@H]2CO[C@@H](n3cnc4c(NC(=O)c5ccccc5)ncnc43)[C@@H]2OP(OCCC#N)N(C(C)C)C(C)C)cc1. The normalized spacial score (nSPS) is 17.2. The molecule has 2 aromatic heterocycles. The molecule has 310 valence electrons. The molecule has 14 heteroatoms. The molecule has 60 heavy (non-hydrogen) atoms. The molecule has 0 spiro atoms. The minimum atomic E-state index is -1.77. The van der Waals surface area contributed by atoms with Gasteiger partial charge in [-0.1, -0.05) is 72.8 Å². The summed E-state index contributed by atoms with van der Waals surface area (Å²) in [7, 11) is 1.54. The molecular weight excluding hydrogens is 778 g/mol. The predicted molar refractivity (Wildman–Crippen MR) is 231 cm³/mol. The number of rotatable bonds is 17. The Kier molecular flexibility index (Phi) is 13.5. The number of imidazole rings is 1. The Morgan fingerprint density at radius 3 is 2.02 bits per heavy atom. The van der Waals surface area contributed by atoms with Gasteiger partial charge in [0, 0.05) is 23.6 Å². The van der Waals surface area contributed by atoms with Gasteiger partial charge in [-0.05, 0) is 80.8 Å². The van der Waals surface area contributed by atoms with Gasteiger partial charge in [0.15, 0.2) is 23.2 Å². The van der Waals surface area contributed by atoms with Crippen LogP contribution in [0.2, 0.25) is 0 Å². The van der Waals surface area contributed by atoms with E-state index in [0.717, 1.165) is 28.2 Å². The van der Waals surface area contributed by atoms with Crippen molar-refractivity contribution in [3.63, 3.8) is 0 Å². The largest absolute Gasteiger partial charge is 0.497 e. The lowest BCUT2D eigenvalue weighted by molar-refractivity contribution is -0.00619. The zero-order valence-electron chi connectivity index (χ0n) is 34.6. The van der Waals surface area contributed by atoms with Crippen molar-refractivity contribution in [3.8, 4) is 17.6 Å². The second kappa shape index (κ2) is 19.1. The highest BCUT2D eigenvalue weighted by Crippen LogP contribution is 2.57. The summed E-state index contributed by atoms with van der Waals surface area (Å²) >= 11 is 0. The first-order chi connectivity index (χ1) is 29.2. The zero-order chi connectivity index (χ0) is 42.2. The minimum Gasteiger partial charge on any atom is -0.497 e. The highest BCUT2D eigenvalue weighted by atomic mass is 31.2. The van der Waals surface area contributed by atoms with Gasteiger partial charge in [-0.3, -0.25) is 9.36 Å². The summed E-state index contributed by atoms with van der Waals surface area (Å²) in [5.74, 6) is 0.985. The number of nitriles is 1. The van der Waals surface area contributed by atoms with Gasteiger partial charge >= 0.3 is 0 Å². The molecule has 4 aromatic carbocycles. The molecule has 1 aliphatic heterocycles. The van der Waals surface area contributed by atoms with Crippen molar-refractivity contribution in [2.45, 2.75) is 63.9 Å². The van der Waals surface area contributed by atoms with Crippen molar-refractivity contribution in [1.82, 2.24) is 24.2 Å². The van der Waals surface area contributed by atoms with E-state index in [1.165, 1.54) is 6.33 Å². The quantitative estimate of drug-likeness (QED) is 0.0534. The topological polar surface area (TPSA) is 146 Å². The van der Waals surface area contributed by atoms with Gasteiger partial charge in [0.1, 0.15) is 23.9 Å². The Morgan fingerprint density at radius 1 is 0.867 bits per heavy atom. The fraction of sp³-hybridized carbons (Fsp3) is 0.326. The lowest BCUT2D eigenvalue weighted by atomic mass is 9.60. The monoisotopic (exact) mass is 827 g/mol. The molecule has 1 saturated heterocycles. The average molecular weight is 828 g/mol. The Bertz CT molecular complexity index is 2320. The van der Waals surface area contributed by atoms with E-state index in [0.29, 0.717) is 16.7 Å². The molecular formula is C46H50N7O6P. The number of carbonyl (C=O) groups excluding carboxylic acids is 1. The molecule has 6 aromatic rings. The molecule has 4 atom stereocenters. The first-order valence-corrected chi connectivity index (χ1v) is 21.1. The number of hydrogen-bond donors (Lipinski definition) is 1. The number of nitrogens with one attached hydrogen (secondary N) is 1. The van der Waals surface area contributed by atoms with Crippen LogP contribution in [0.4, 0.5) is 5.82 Å². The molecule has 0 radical (unpaired) electrons. The number of amides is 1. The Hall–Kier alpha value is -5.74. The minimum absolute atomic E-state index is 0.0390. The van der Waals surface area contributed by atoms with E-state index < -0.39 is 32.2 Å². The molecule has 1 N–H and O–H groups in total. The van der Waals surface area contributed by atoms with Gasteiger partial charge in [0.25, 0.3) is 14.4 Å². The van der Waals surface area contributed by atoms with Crippen LogP contribution in [0.25, 0.3) is 11.2 Å². The van der Waals surface area contributed by atoms with E-state index in [4.69, 9.17) is 33.2 Å². The average Bonchev–Trinajstić information content (AvgIpc) is 3.89. The number of nitrogens with zero attached hydrogens (tertiary/aromatic N) is 6. The zero-order valence-corrected chi connectivity index (χ0v) is 35.5. The molecule has 1 aliphatic rings. The van der Waals surface area contributed by atoms with Crippen LogP contribution in [0.5, 0.6) is 11.5 Å². The lowest BCUT2D eigenvalue weighted by Gasteiger charge is -2.45. The van der Waals surface area contributed by atoms with Crippen LogP contribution in [0.3, 0.4) is 0 Å². The smallest absolute Gasteiger partial charge is 0.259 e.